The SMILES string of the molecule is C[C@H]1C[C@]1(C#N)n1c(C(=O)N(C)c2ccccc2)cc2cc(C3CCOC4(CCC4)C3)ccc21. The zero-order valence-corrected chi connectivity index (χ0v) is 20.0. The number of benzene rings is 2. The number of carbonyl (C=O) groups is 1. The second kappa shape index (κ2) is 7.71. The highest BCUT2D eigenvalue weighted by atomic mass is 16.5. The van der Waals surface area contributed by atoms with Gasteiger partial charge in [-0.25, -0.2) is 0 Å². The molecule has 0 bridgehead atoms. The Kier molecular flexibility index (Phi) is 4.86. The van der Waals surface area contributed by atoms with E-state index in [0.29, 0.717) is 11.6 Å². The molecule has 2 heterocycles. The van der Waals surface area contributed by atoms with Gasteiger partial charge in [-0.15, -0.1) is 0 Å². The van der Waals surface area contributed by atoms with Crippen molar-refractivity contribution >= 4 is 22.5 Å². The smallest absolute Gasteiger partial charge is 0.274 e. The quantitative estimate of drug-likeness (QED) is 0.487. The molecule has 3 aromatic rings. The second-order valence-corrected chi connectivity index (χ2v) is 10.6. The fourth-order valence-corrected chi connectivity index (χ4v) is 6.17. The van der Waals surface area contributed by atoms with Gasteiger partial charge < -0.3 is 14.2 Å². The first-order valence-electron chi connectivity index (χ1n) is 12.5. The number of fused-ring (bicyclic) bond motifs is 1. The predicted molar refractivity (Wildman–Crippen MR) is 133 cm³/mol. The third-order valence-electron chi connectivity index (χ3n) is 8.59. The summed E-state index contributed by atoms with van der Waals surface area (Å²) in [6.07, 6.45) is 6.51. The normalized spacial score (nSPS) is 27.2. The van der Waals surface area contributed by atoms with Crippen LogP contribution >= 0.6 is 0 Å². The number of hydrogen-bond acceptors (Lipinski definition) is 3. The summed E-state index contributed by atoms with van der Waals surface area (Å²) in [6.45, 7) is 2.92. The molecule has 2 aromatic carbocycles. The standard InChI is InChI=1S/C29H31N3O2/c1-20-17-29(20,19-30)32-25-10-9-21(22-11-14-34-28(18-22)12-6-13-28)15-23(25)16-26(32)27(33)31(2)24-7-4-3-5-8-24/h3-5,7-10,15-16,20,22H,6,11-14,17-18H2,1-2H3/t20-,22?,29+/m0/s1. The molecule has 174 valence electrons. The van der Waals surface area contributed by atoms with Gasteiger partial charge in [0.2, 0.25) is 0 Å². The van der Waals surface area contributed by atoms with Gasteiger partial charge in [0.05, 0.1) is 17.2 Å². The number of rotatable bonds is 4. The van der Waals surface area contributed by atoms with E-state index in [1.807, 2.05) is 41.0 Å². The van der Waals surface area contributed by atoms with E-state index in [2.05, 4.69) is 31.2 Å². The van der Waals surface area contributed by atoms with Gasteiger partial charge in [-0.3, -0.25) is 4.79 Å². The number of hydrogen-bond donors (Lipinski definition) is 0. The highest BCUT2D eigenvalue weighted by molar-refractivity contribution is 6.08. The van der Waals surface area contributed by atoms with Crippen LogP contribution in [-0.2, 0) is 10.3 Å². The maximum Gasteiger partial charge on any atom is 0.274 e. The molecule has 3 fully saturated rings. The van der Waals surface area contributed by atoms with Crippen molar-refractivity contribution in [1.29, 1.82) is 5.26 Å². The van der Waals surface area contributed by atoms with Gasteiger partial charge in [0.25, 0.3) is 5.91 Å². The van der Waals surface area contributed by atoms with Crippen LogP contribution < -0.4 is 4.90 Å². The molecule has 1 amide bonds. The lowest BCUT2D eigenvalue weighted by atomic mass is 9.70. The lowest BCUT2D eigenvalue weighted by Crippen LogP contribution is -2.44. The number of amides is 1. The molecule has 3 aliphatic rings. The number of para-hydroxylation sites is 1. The van der Waals surface area contributed by atoms with Crippen LogP contribution in [0.2, 0.25) is 0 Å². The van der Waals surface area contributed by atoms with Crippen LogP contribution in [0.25, 0.3) is 10.9 Å². The zero-order valence-electron chi connectivity index (χ0n) is 20.0. The van der Waals surface area contributed by atoms with Gasteiger partial charge in [0.15, 0.2) is 0 Å². The van der Waals surface area contributed by atoms with Crippen LogP contribution in [0.5, 0.6) is 0 Å². The van der Waals surface area contributed by atoms with E-state index < -0.39 is 5.54 Å². The van der Waals surface area contributed by atoms with Gasteiger partial charge in [0, 0.05) is 24.7 Å². The Morgan fingerprint density at radius 2 is 1.91 bits per heavy atom. The minimum Gasteiger partial charge on any atom is -0.375 e. The zero-order chi connectivity index (χ0) is 23.5. The van der Waals surface area contributed by atoms with E-state index in [1.165, 1.54) is 24.8 Å². The largest absolute Gasteiger partial charge is 0.375 e. The summed E-state index contributed by atoms with van der Waals surface area (Å²) < 4.78 is 8.18. The van der Waals surface area contributed by atoms with Crippen molar-refractivity contribution in [1.82, 2.24) is 4.57 Å². The molecule has 34 heavy (non-hydrogen) atoms. The molecule has 1 aromatic heterocycles. The Labute approximate surface area is 200 Å². The molecule has 0 N–H and O–H groups in total. The Bertz CT molecular complexity index is 1300. The van der Waals surface area contributed by atoms with E-state index in [-0.39, 0.29) is 17.4 Å². The number of nitriles is 1. The maximum absolute atomic E-state index is 13.7. The van der Waals surface area contributed by atoms with Crippen molar-refractivity contribution in [2.24, 2.45) is 5.92 Å². The molecule has 5 nitrogen and oxygen atoms in total. The lowest BCUT2D eigenvalue weighted by molar-refractivity contribution is -0.133. The van der Waals surface area contributed by atoms with E-state index in [4.69, 9.17) is 4.74 Å². The summed E-state index contributed by atoms with van der Waals surface area (Å²) >= 11 is 0. The molecule has 2 saturated carbocycles. The Morgan fingerprint density at radius 3 is 2.56 bits per heavy atom. The molecule has 1 spiro atoms. The van der Waals surface area contributed by atoms with Gasteiger partial charge in [-0.1, -0.05) is 31.2 Å². The van der Waals surface area contributed by atoms with E-state index >= 15 is 0 Å². The minimum atomic E-state index is -0.652. The number of carbonyl (C=O) groups excluding carboxylic acids is 1. The van der Waals surface area contributed by atoms with Crippen molar-refractivity contribution in [2.45, 2.75) is 62.5 Å². The topological polar surface area (TPSA) is 58.3 Å². The molecule has 1 aliphatic heterocycles. The van der Waals surface area contributed by atoms with Gasteiger partial charge in [-0.2, -0.15) is 5.26 Å². The average molecular weight is 454 g/mol. The van der Waals surface area contributed by atoms with Crippen LogP contribution in [-0.4, -0.2) is 29.7 Å². The van der Waals surface area contributed by atoms with Crippen LogP contribution in [0.15, 0.2) is 54.6 Å². The molecular formula is C29H31N3O2. The molecular weight excluding hydrogens is 422 g/mol. The summed E-state index contributed by atoms with van der Waals surface area (Å²) in [7, 11) is 1.81. The number of anilines is 1. The number of ether oxygens (including phenoxy) is 1. The summed E-state index contributed by atoms with van der Waals surface area (Å²) in [5.41, 5.74) is 3.17. The first-order chi connectivity index (χ1) is 16.5. The summed E-state index contributed by atoms with van der Waals surface area (Å²) in [6, 6.07) is 20.8. The Balaban J connectivity index is 1.42. The van der Waals surface area contributed by atoms with Crippen LogP contribution in [0.1, 0.15) is 67.4 Å². The Morgan fingerprint density at radius 1 is 1.15 bits per heavy atom. The summed E-state index contributed by atoms with van der Waals surface area (Å²) in [5, 5.41) is 11.2. The summed E-state index contributed by atoms with van der Waals surface area (Å²) in [5.74, 6) is 0.616. The van der Waals surface area contributed by atoms with Crippen molar-refractivity contribution < 1.29 is 9.53 Å². The molecule has 0 radical (unpaired) electrons. The lowest BCUT2D eigenvalue weighted by Gasteiger charge is -2.47. The average Bonchev–Trinajstić information content (AvgIpc) is 3.36. The van der Waals surface area contributed by atoms with Crippen LogP contribution in [0.3, 0.4) is 0 Å². The molecule has 6 rings (SSSR count). The molecule has 1 unspecified atom stereocenters. The van der Waals surface area contributed by atoms with Gasteiger partial charge in [0.1, 0.15) is 11.2 Å². The van der Waals surface area contributed by atoms with Crippen molar-refractivity contribution in [3.63, 3.8) is 0 Å². The van der Waals surface area contributed by atoms with Gasteiger partial charge >= 0.3 is 0 Å². The number of nitrogens with zero attached hydrogens (tertiary/aromatic N) is 3. The van der Waals surface area contributed by atoms with E-state index in [0.717, 1.165) is 42.5 Å². The molecule has 5 heteroatoms. The van der Waals surface area contributed by atoms with Crippen LogP contribution in [0.4, 0.5) is 5.69 Å². The predicted octanol–water partition coefficient (Wildman–Crippen LogP) is 5.99. The molecule has 2 aliphatic carbocycles. The maximum atomic E-state index is 13.7. The third kappa shape index (κ3) is 3.20. The first kappa shape index (κ1) is 21.4. The van der Waals surface area contributed by atoms with Crippen LogP contribution in [0, 0.1) is 17.2 Å². The number of aromatic nitrogens is 1. The first-order valence-corrected chi connectivity index (χ1v) is 12.5. The van der Waals surface area contributed by atoms with Crippen molar-refractivity contribution in [3.05, 3.63) is 65.9 Å². The fourth-order valence-electron chi connectivity index (χ4n) is 6.17. The second-order valence-electron chi connectivity index (χ2n) is 10.6. The van der Waals surface area contributed by atoms with E-state index in [1.54, 1.807) is 11.9 Å². The van der Waals surface area contributed by atoms with Gasteiger partial charge in [-0.05, 0) is 86.3 Å². The minimum absolute atomic E-state index is 0.0860. The molecule has 3 atom stereocenters. The van der Waals surface area contributed by atoms with E-state index in [9.17, 15) is 10.1 Å². The van der Waals surface area contributed by atoms with Crippen molar-refractivity contribution in [2.75, 3.05) is 18.6 Å². The van der Waals surface area contributed by atoms with Crippen molar-refractivity contribution in [3.8, 4) is 6.07 Å². The molecule has 1 saturated heterocycles. The highest BCUT2D eigenvalue weighted by Crippen LogP contribution is 2.52. The summed E-state index contributed by atoms with van der Waals surface area (Å²) in [4.78, 5) is 15.4. The highest BCUT2D eigenvalue weighted by Gasteiger charge is 2.55. The monoisotopic (exact) mass is 453 g/mol. The third-order valence-corrected chi connectivity index (χ3v) is 8.59. The Hall–Kier alpha value is -3.10. The fraction of sp³-hybridized carbons (Fsp3) is 0.448.